The Labute approximate surface area is 124 Å². The molecule has 1 amide bonds. The van der Waals surface area contributed by atoms with Crippen molar-refractivity contribution in [2.75, 3.05) is 12.4 Å². The lowest BCUT2D eigenvalue weighted by atomic mass is 10.1. The summed E-state index contributed by atoms with van der Waals surface area (Å²) in [6.45, 7) is 4.13. The number of amides is 1. The van der Waals surface area contributed by atoms with Gasteiger partial charge in [-0.15, -0.1) is 11.3 Å². The predicted octanol–water partition coefficient (Wildman–Crippen LogP) is 3.46. The van der Waals surface area contributed by atoms with Gasteiger partial charge in [0, 0.05) is 35.0 Å². The van der Waals surface area contributed by atoms with Gasteiger partial charge in [-0.2, -0.15) is 0 Å². The second-order valence-corrected chi connectivity index (χ2v) is 6.26. The Balaban J connectivity index is 2.00. The molecule has 2 aromatic rings. The van der Waals surface area contributed by atoms with Gasteiger partial charge >= 0.3 is 0 Å². The second kappa shape index (κ2) is 6.57. The third kappa shape index (κ3) is 3.61. The van der Waals surface area contributed by atoms with Crippen LogP contribution in [0.5, 0.6) is 0 Å². The lowest BCUT2D eigenvalue weighted by Gasteiger charge is -2.15. The number of carbonyl (C=O) groups is 1. The van der Waals surface area contributed by atoms with Crippen molar-refractivity contribution in [1.82, 2.24) is 5.32 Å². The van der Waals surface area contributed by atoms with Crippen LogP contribution in [0.2, 0.25) is 0 Å². The number of thiophene rings is 1. The van der Waals surface area contributed by atoms with Crippen molar-refractivity contribution in [2.24, 2.45) is 0 Å². The molecule has 2 N–H and O–H groups in total. The summed E-state index contributed by atoms with van der Waals surface area (Å²) in [4.78, 5) is 14.9. The summed E-state index contributed by atoms with van der Waals surface area (Å²) in [6, 6.07) is 11.9. The molecule has 0 saturated heterocycles. The van der Waals surface area contributed by atoms with E-state index >= 15 is 0 Å². The molecule has 0 spiro atoms. The van der Waals surface area contributed by atoms with Crippen molar-refractivity contribution < 1.29 is 4.79 Å². The van der Waals surface area contributed by atoms with Gasteiger partial charge in [0.2, 0.25) is 0 Å². The van der Waals surface area contributed by atoms with Crippen LogP contribution < -0.4 is 10.6 Å². The summed E-state index contributed by atoms with van der Waals surface area (Å²) < 4.78 is 0. The van der Waals surface area contributed by atoms with E-state index in [1.54, 1.807) is 11.3 Å². The molecule has 0 radical (unpaired) electrons. The van der Waals surface area contributed by atoms with Crippen LogP contribution in [0.15, 0.2) is 36.4 Å². The molecule has 0 fully saturated rings. The van der Waals surface area contributed by atoms with E-state index in [2.05, 4.69) is 29.7 Å². The number of nitrogens with one attached hydrogen (secondary N) is 2. The van der Waals surface area contributed by atoms with Gasteiger partial charge in [0.05, 0.1) is 5.56 Å². The largest absolute Gasteiger partial charge is 0.387 e. The maximum absolute atomic E-state index is 12.3. The number of aryl methyl sites for hydroxylation is 1. The van der Waals surface area contributed by atoms with Gasteiger partial charge in [-0.1, -0.05) is 12.1 Å². The predicted molar refractivity (Wildman–Crippen MR) is 85.7 cm³/mol. The molecule has 1 heterocycles. The van der Waals surface area contributed by atoms with Gasteiger partial charge in [-0.05, 0) is 38.1 Å². The van der Waals surface area contributed by atoms with E-state index in [-0.39, 0.29) is 11.9 Å². The summed E-state index contributed by atoms with van der Waals surface area (Å²) in [5.74, 6) is -0.0317. The average molecular weight is 288 g/mol. The number of benzene rings is 1. The third-order valence-corrected chi connectivity index (χ3v) is 4.14. The van der Waals surface area contributed by atoms with Gasteiger partial charge in [-0.25, -0.2) is 0 Å². The van der Waals surface area contributed by atoms with Crippen LogP contribution >= 0.6 is 11.3 Å². The Morgan fingerprint density at radius 2 is 2.00 bits per heavy atom. The van der Waals surface area contributed by atoms with E-state index in [9.17, 15) is 4.79 Å². The monoisotopic (exact) mass is 288 g/mol. The Bertz CT molecular complexity index is 592. The van der Waals surface area contributed by atoms with Crippen molar-refractivity contribution in [1.29, 1.82) is 0 Å². The van der Waals surface area contributed by atoms with Crippen LogP contribution in [0.3, 0.4) is 0 Å². The lowest BCUT2D eigenvalue weighted by Crippen LogP contribution is -2.34. The fourth-order valence-electron chi connectivity index (χ4n) is 2.15. The van der Waals surface area contributed by atoms with Gasteiger partial charge in [0.15, 0.2) is 0 Å². The number of hydrogen-bond donors (Lipinski definition) is 2. The first-order valence-electron chi connectivity index (χ1n) is 6.73. The lowest BCUT2D eigenvalue weighted by molar-refractivity contribution is 0.0941. The summed E-state index contributed by atoms with van der Waals surface area (Å²) in [6.07, 6.45) is 0.867. The van der Waals surface area contributed by atoms with Crippen LogP contribution in [-0.4, -0.2) is 19.0 Å². The maximum atomic E-state index is 12.3. The summed E-state index contributed by atoms with van der Waals surface area (Å²) >= 11 is 1.78. The quantitative estimate of drug-likeness (QED) is 0.884. The van der Waals surface area contributed by atoms with Crippen LogP contribution in [-0.2, 0) is 6.42 Å². The van der Waals surface area contributed by atoms with Crippen molar-refractivity contribution in [3.8, 4) is 0 Å². The number of rotatable bonds is 5. The highest BCUT2D eigenvalue weighted by Gasteiger charge is 2.13. The molecule has 106 valence electrons. The summed E-state index contributed by atoms with van der Waals surface area (Å²) in [5, 5.41) is 6.10. The fraction of sp³-hybridized carbons (Fsp3) is 0.312. The normalized spacial score (nSPS) is 11.9. The summed E-state index contributed by atoms with van der Waals surface area (Å²) in [5.41, 5.74) is 1.54. The highest BCUT2D eigenvalue weighted by molar-refractivity contribution is 7.11. The molecule has 0 bridgehead atoms. The minimum atomic E-state index is -0.0317. The number of anilines is 1. The Kier molecular flexibility index (Phi) is 4.79. The van der Waals surface area contributed by atoms with E-state index in [4.69, 9.17) is 0 Å². The number of para-hydroxylation sites is 1. The number of hydrogen-bond acceptors (Lipinski definition) is 3. The van der Waals surface area contributed by atoms with Gasteiger partial charge in [-0.3, -0.25) is 4.79 Å². The molecule has 2 rings (SSSR count). The standard InChI is InChI=1S/C16H20N2OS/c1-11(10-13-9-8-12(2)20-13)18-16(19)14-6-4-5-7-15(14)17-3/h4-9,11,17H,10H2,1-3H3,(H,18,19). The van der Waals surface area contributed by atoms with Crippen LogP contribution in [0.25, 0.3) is 0 Å². The van der Waals surface area contributed by atoms with E-state index in [1.807, 2.05) is 38.2 Å². The molecule has 0 aliphatic heterocycles. The molecular formula is C16H20N2OS. The molecule has 1 aromatic heterocycles. The molecule has 1 aromatic carbocycles. The molecule has 0 aliphatic carbocycles. The minimum Gasteiger partial charge on any atom is -0.387 e. The van der Waals surface area contributed by atoms with E-state index in [1.165, 1.54) is 9.75 Å². The molecule has 1 atom stereocenters. The highest BCUT2D eigenvalue weighted by Crippen LogP contribution is 2.18. The maximum Gasteiger partial charge on any atom is 0.253 e. The van der Waals surface area contributed by atoms with E-state index < -0.39 is 0 Å². The molecular weight excluding hydrogens is 268 g/mol. The van der Waals surface area contributed by atoms with E-state index in [0.29, 0.717) is 5.56 Å². The number of carbonyl (C=O) groups excluding carboxylic acids is 1. The topological polar surface area (TPSA) is 41.1 Å². The van der Waals surface area contributed by atoms with Crippen molar-refractivity contribution in [3.05, 3.63) is 51.7 Å². The SMILES string of the molecule is CNc1ccccc1C(=O)NC(C)Cc1ccc(C)s1. The summed E-state index contributed by atoms with van der Waals surface area (Å²) in [7, 11) is 1.82. The van der Waals surface area contributed by atoms with Gasteiger partial charge in [0.1, 0.15) is 0 Å². The third-order valence-electron chi connectivity index (χ3n) is 3.12. The smallest absolute Gasteiger partial charge is 0.253 e. The molecule has 20 heavy (non-hydrogen) atoms. The zero-order valence-corrected chi connectivity index (χ0v) is 12.9. The van der Waals surface area contributed by atoms with Crippen molar-refractivity contribution >= 4 is 22.9 Å². The molecule has 0 saturated carbocycles. The van der Waals surface area contributed by atoms with Crippen molar-refractivity contribution in [2.45, 2.75) is 26.3 Å². The van der Waals surface area contributed by atoms with Crippen LogP contribution in [0.4, 0.5) is 5.69 Å². The van der Waals surface area contributed by atoms with E-state index in [0.717, 1.165) is 12.1 Å². The fourth-order valence-corrected chi connectivity index (χ4v) is 3.17. The first-order chi connectivity index (χ1) is 9.60. The Morgan fingerprint density at radius 1 is 1.25 bits per heavy atom. The zero-order chi connectivity index (χ0) is 14.5. The molecule has 1 unspecified atom stereocenters. The van der Waals surface area contributed by atoms with Gasteiger partial charge in [0.25, 0.3) is 5.91 Å². The van der Waals surface area contributed by atoms with Gasteiger partial charge < -0.3 is 10.6 Å². The van der Waals surface area contributed by atoms with Crippen molar-refractivity contribution in [3.63, 3.8) is 0 Å². The highest BCUT2D eigenvalue weighted by atomic mass is 32.1. The van der Waals surface area contributed by atoms with Crippen LogP contribution in [0.1, 0.15) is 27.0 Å². The first kappa shape index (κ1) is 14.6. The van der Waals surface area contributed by atoms with Crippen LogP contribution in [0, 0.1) is 6.92 Å². The Hall–Kier alpha value is -1.81. The zero-order valence-electron chi connectivity index (χ0n) is 12.1. The minimum absolute atomic E-state index is 0.0317. The molecule has 4 heteroatoms. The molecule has 0 aliphatic rings. The second-order valence-electron chi connectivity index (χ2n) is 4.89. The molecule has 3 nitrogen and oxygen atoms in total. The average Bonchev–Trinajstić information content (AvgIpc) is 2.83. The first-order valence-corrected chi connectivity index (χ1v) is 7.54. The Morgan fingerprint density at radius 3 is 2.65 bits per heavy atom.